The first-order valence-corrected chi connectivity index (χ1v) is 7.80. The Morgan fingerprint density at radius 1 is 1.09 bits per heavy atom. The molecule has 1 saturated heterocycles. The van der Waals surface area contributed by atoms with Crippen LogP contribution in [0.15, 0.2) is 30.4 Å². The van der Waals surface area contributed by atoms with E-state index < -0.39 is 4.92 Å². The van der Waals surface area contributed by atoms with E-state index in [0.717, 1.165) is 12.8 Å². The number of hydrogen-bond donors (Lipinski definition) is 0. The predicted octanol–water partition coefficient (Wildman–Crippen LogP) is 2.60. The number of anilines is 1. The van der Waals surface area contributed by atoms with Crippen molar-refractivity contribution in [1.29, 1.82) is 0 Å². The van der Waals surface area contributed by atoms with Crippen molar-refractivity contribution >= 4 is 23.2 Å². The van der Waals surface area contributed by atoms with Gasteiger partial charge in [-0.05, 0) is 37.2 Å². The van der Waals surface area contributed by atoms with Crippen LogP contribution in [-0.4, -0.2) is 16.7 Å². The molecule has 0 aromatic heterocycles. The summed E-state index contributed by atoms with van der Waals surface area (Å²) in [4.78, 5) is 37.4. The predicted molar refractivity (Wildman–Crippen MR) is 82.7 cm³/mol. The molecule has 4 atom stereocenters. The minimum Gasteiger partial charge on any atom is -0.274 e. The third-order valence-corrected chi connectivity index (χ3v) is 5.40. The minimum absolute atomic E-state index is 0.109. The van der Waals surface area contributed by atoms with Gasteiger partial charge in [-0.25, -0.2) is 4.90 Å². The number of nitro groups is 1. The number of allylic oxidation sites excluding steroid dienone is 2. The summed E-state index contributed by atoms with van der Waals surface area (Å²) < 4.78 is 0. The Balaban J connectivity index is 1.79. The highest BCUT2D eigenvalue weighted by Crippen LogP contribution is 2.50. The van der Waals surface area contributed by atoms with Crippen molar-refractivity contribution in [1.82, 2.24) is 0 Å². The van der Waals surface area contributed by atoms with Crippen LogP contribution in [0.2, 0.25) is 0 Å². The summed E-state index contributed by atoms with van der Waals surface area (Å²) in [6, 6.07) is 4.31. The first-order chi connectivity index (χ1) is 11.0. The number of non-ortho nitro benzene ring substituents is 1. The van der Waals surface area contributed by atoms with Crippen LogP contribution in [0.1, 0.15) is 18.4 Å². The van der Waals surface area contributed by atoms with Gasteiger partial charge in [-0.3, -0.25) is 19.7 Å². The smallest absolute Gasteiger partial charge is 0.271 e. The molecular weight excluding hydrogens is 296 g/mol. The average Bonchev–Trinajstić information content (AvgIpc) is 2.83. The van der Waals surface area contributed by atoms with Gasteiger partial charge in [0.1, 0.15) is 0 Å². The quantitative estimate of drug-likeness (QED) is 0.364. The minimum atomic E-state index is -0.508. The van der Waals surface area contributed by atoms with E-state index >= 15 is 0 Å². The highest BCUT2D eigenvalue weighted by Gasteiger charge is 2.57. The number of imide groups is 1. The third-order valence-electron chi connectivity index (χ3n) is 5.40. The van der Waals surface area contributed by atoms with Gasteiger partial charge in [-0.15, -0.1) is 0 Å². The number of hydrogen-bond acceptors (Lipinski definition) is 4. The standard InChI is InChI=1S/C17H16N2O4/c1-9-2-7-12(19(22)23)8-13(9)18-16(20)14-10-3-4-11(6-5-10)15(14)17(18)21/h2-4,7-8,10-11,14-15H,5-6H2,1H3/t10-,11-,14-,15+/m1/s1. The monoisotopic (exact) mass is 312 g/mol. The molecule has 4 aliphatic rings. The van der Waals surface area contributed by atoms with E-state index in [-0.39, 0.29) is 41.2 Å². The number of amides is 2. The normalized spacial score (nSPS) is 31.6. The van der Waals surface area contributed by atoms with E-state index in [2.05, 4.69) is 12.2 Å². The van der Waals surface area contributed by atoms with Gasteiger partial charge in [-0.1, -0.05) is 18.2 Å². The van der Waals surface area contributed by atoms with E-state index in [1.165, 1.54) is 17.0 Å². The largest absolute Gasteiger partial charge is 0.274 e. The van der Waals surface area contributed by atoms with Crippen LogP contribution >= 0.6 is 0 Å². The molecule has 5 rings (SSSR count). The van der Waals surface area contributed by atoms with E-state index in [1.54, 1.807) is 13.0 Å². The van der Waals surface area contributed by atoms with Crippen molar-refractivity contribution in [2.75, 3.05) is 4.90 Å². The van der Waals surface area contributed by atoms with Crippen molar-refractivity contribution in [3.63, 3.8) is 0 Å². The first-order valence-electron chi connectivity index (χ1n) is 7.80. The van der Waals surface area contributed by atoms with Crippen molar-refractivity contribution in [2.24, 2.45) is 23.7 Å². The zero-order chi connectivity index (χ0) is 16.3. The van der Waals surface area contributed by atoms with Crippen molar-refractivity contribution < 1.29 is 14.5 Å². The number of nitro benzene ring substituents is 1. The van der Waals surface area contributed by atoms with Gasteiger partial charge in [0.2, 0.25) is 11.8 Å². The summed E-state index contributed by atoms with van der Waals surface area (Å²) in [5.41, 5.74) is 0.932. The van der Waals surface area contributed by atoms with Crippen LogP contribution in [0.5, 0.6) is 0 Å². The fourth-order valence-corrected chi connectivity index (χ4v) is 4.26. The molecule has 6 heteroatoms. The molecule has 118 valence electrons. The molecule has 0 radical (unpaired) electrons. The molecule has 2 bridgehead atoms. The van der Waals surface area contributed by atoms with E-state index in [1.807, 2.05) is 0 Å². The molecule has 1 saturated carbocycles. The summed E-state index contributed by atoms with van der Waals surface area (Å²) >= 11 is 0. The van der Waals surface area contributed by atoms with Crippen LogP contribution in [0, 0.1) is 40.7 Å². The fraction of sp³-hybridized carbons (Fsp3) is 0.412. The maximum Gasteiger partial charge on any atom is 0.271 e. The van der Waals surface area contributed by atoms with E-state index in [9.17, 15) is 19.7 Å². The summed E-state index contributed by atoms with van der Waals surface area (Å²) in [5.74, 6) is -0.781. The molecule has 1 aromatic rings. The van der Waals surface area contributed by atoms with Crippen LogP contribution in [0.25, 0.3) is 0 Å². The van der Waals surface area contributed by atoms with Crippen LogP contribution in [0.3, 0.4) is 0 Å². The molecule has 2 fully saturated rings. The summed E-state index contributed by atoms with van der Waals surface area (Å²) in [6.07, 6.45) is 5.99. The van der Waals surface area contributed by atoms with Crippen molar-refractivity contribution in [3.8, 4) is 0 Å². The average molecular weight is 312 g/mol. The summed E-state index contributed by atoms with van der Waals surface area (Å²) in [7, 11) is 0. The molecule has 23 heavy (non-hydrogen) atoms. The number of nitrogens with zero attached hydrogens (tertiary/aromatic N) is 2. The lowest BCUT2D eigenvalue weighted by Gasteiger charge is -2.38. The highest BCUT2D eigenvalue weighted by molar-refractivity contribution is 6.23. The van der Waals surface area contributed by atoms with Gasteiger partial charge in [0.25, 0.3) is 5.69 Å². The zero-order valence-electron chi connectivity index (χ0n) is 12.6. The number of benzene rings is 1. The number of fused-ring (bicyclic) bond motifs is 1. The molecule has 3 aliphatic carbocycles. The number of rotatable bonds is 2. The van der Waals surface area contributed by atoms with Gasteiger partial charge < -0.3 is 0 Å². The van der Waals surface area contributed by atoms with Crippen molar-refractivity contribution in [2.45, 2.75) is 19.8 Å². The summed E-state index contributed by atoms with van der Waals surface area (Å²) in [6.45, 7) is 1.76. The van der Waals surface area contributed by atoms with Gasteiger partial charge >= 0.3 is 0 Å². The van der Waals surface area contributed by atoms with E-state index in [4.69, 9.17) is 0 Å². The Hall–Kier alpha value is -2.50. The van der Waals surface area contributed by atoms with E-state index in [0.29, 0.717) is 11.3 Å². The van der Waals surface area contributed by atoms with Crippen LogP contribution in [-0.2, 0) is 9.59 Å². The second-order valence-corrected chi connectivity index (χ2v) is 6.58. The molecule has 0 spiro atoms. The Bertz CT molecular complexity index is 738. The molecule has 6 nitrogen and oxygen atoms in total. The van der Waals surface area contributed by atoms with Gasteiger partial charge in [0.05, 0.1) is 22.4 Å². The van der Waals surface area contributed by atoms with Crippen molar-refractivity contribution in [3.05, 3.63) is 46.0 Å². The second-order valence-electron chi connectivity index (χ2n) is 6.58. The molecule has 1 aliphatic heterocycles. The third kappa shape index (κ3) is 1.87. The number of carbonyl (C=O) groups excluding carboxylic acids is 2. The Labute approximate surface area is 132 Å². The lowest BCUT2D eigenvalue weighted by molar-refractivity contribution is -0.384. The first kappa shape index (κ1) is 14.1. The Kier molecular flexibility index (Phi) is 2.91. The SMILES string of the molecule is Cc1ccc([N+](=O)[O-])cc1N1C(=O)[C@@H]2[C@H](C1=O)[C@@H]1C=C[C@@H]2CC1. The van der Waals surface area contributed by atoms with Gasteiger partial charge in [0, 0.05) is 12.1 Å². The molecule has 0 N–H and O–H groups in total. The van der Waals surface area contributed by atoms with Crippen LogP contribution in [0.4, 0.5) is 11.4 Å². The summed E-state index contributed by atoms with van der Waals surface area (Å²) in [5, 5.41) is 11.0. The van der Waals surface area contributed by atoms with Crippen LogP contribution < -0.4 is 4.90 Å². The zero-order valence-corrected chi connectivity index (χ0v) is 12.6. The molecule has 1 heterocycles. The Morgan fingerprint density at radius 2 is 1.65 bits per heavy atom. The number of aryl methyl sites for hydroxylation is 1. The lowest BCUT2D eigenvalue weighted by Crippen LogP contribution is -2.38. The maximum absolute atomic E-state index is 12.9. The lowest BCUT2D eigenvalue weighted by atomic mass is 9.63. The number of carbonyl (C=O) groups is 2. The molecule has 0 unspecified atom stereocenters. The fourth-order valence-electron chi connectivity index (χ4n) is 4.26. The second kappa shape index (κ2) is 4.75. The Morgan fingerprint density at radius 3 is 2.13 bits per heavy atom. The maximum atomic E-state index is 12.9. The topological polar surface area (TPSA) is 80.5 Å². The molecule has 1 aromatic carbocycles. The molecule has 2 amide bonds. The van der Waals surface area contributed by atoms with Gasteiger partial charge in [-0.2, -0.15) is 0 Å². The molecular formula is C17H16N2O4. The van der Waals surface area contributed by atoms with Gasteiger partial charge in [0.15, 0.2) is 0 Å². The highest BCUT2D eigenvalue weighted by atomic mass is 16.6.